The number of rotatable bonds is 2. The smallest absolute Gasteiger partial charge is 0.143 e. The van der Waals surface area contributed by atoms with Crippen molar-refractivity contribution in [1.82, 2.24) is 0 Å². The van der Waals surface area contributed by atoms with E-state index in [0.29, 0.717) is 0 Å². The quantitative estimate of drug-likeness (QED) is 0.194. The minimum atomic E-state index is 0.879. The van der Waals surface area contributed by atoms with Crippen molar-refractivity contribution in [2.24, 2.45) is 0 Å². The standard InChI is InChI=1S/C46H28O2/c1-2-11-29-25-30(18-17-27(29)9-1)42-33-13-5-7-15-35(33)43(36-16-8-6-14-34(36)42)31-20-21-37-41(26-31)47-39-23-24-40-45(44(37)39)38-22-19-28-10-3-4-12-32(28)46(38)48-40/h1-5,7-13,15-26H,6,14H2. The minimum absolute atomic E-state index is 0.879. The number of furan rings is 2. The molecule has 10 aromatic rings. The molecule has 8 aromatic carbocycles. The zero-order valence-corrected chi connectivity index (χ0v) is 26.1. The van der Waals surface area contributed by atoms with Gasteiger partial charge in [0.15, 0.2) is 0 Å². The number of hydrogen-bond acceptors (Lipinski definition) is 2. The number of hydrogen-bond donors (Lipinski definition) is 0. The third-order valence-corrected chi connectivity index (χ3v) is 10.5. The second-order valence-electron chi connectivity index (χ2n) is 13.1. The van der Waals surface area contributed by atoms with Crippen molar-refractivity contribution in [1.29, 1.82) is 0 Å². The highest BCUT2D eigenvalue weighted by Gasteiger charge is 2.23. The Labute approximate surface area is 276 Å². The molecule has 224 valence electrons. The molecule has 0 atom stereocenters. The molecular formula is C46H28O2. The molecule has 48 heavy (non-hydrogen) atoms. The summed E-state index contributed by atoms with van der Waals surface area (Å²) in [7, 11) is 0. The van der Waals surface area contributed by atoms with Crippen molar-refractivity contribution in [3.05, 3.63) is 151 Å². The lowest BCUT2D eigenvalue weighted by atomic mass is 9.80. The van der Waals surface area contributed by atoms with Crippen LogP contribution >= 0.6 is 0 Å². The maximum atomic E-state index is 6.66. The molecule has 0 unspecified atom stereocenters. The first-order valence-electron chi connectivity index (χ1n) is 16.7. The zero-order chi connectivity index (χ0) is 31.3. The molecule has 0 saturated heterocycles. The molecular weight excluding hydrogens is 585 g/mol. The second kappa shape index (κ2) is 9.70. The Bertz CT molecular complexity index is 3000. The van der Waals surface area contributed by atoms with Crippen LogP contribution in [0.15, 0.2) is 148 Å². The molecule has 2 aromatic heterocycles. The lowest BCUT2D eigenvalue weighted by Gasteiger charge is -2.24. The highest BCUT2D eigenvalue weighted by atomic mass is 16.3. The van der Waals surface area contributed by atoms with Gasteiger partial charge in [0.25, 0.3) is 0 Å². The van der Waals surface area contributed by atoms with Crippen LogP contribution in [0.1, 0.15) is 17.5 Å². The summed E-state index contributed by atoms with van der Waals surface area (Å²) in [5.41, 5.74) is 11.4. The Morgan fingerprint density at radius 2 is 1.08 bits per heavy atom. The van der Waals surface area contributed by atoms with E-state index >= 15 is 0 Å². The average Bonchev–Trinajstić information content (AvgIpc) is 3.71. The molecule has 0 radical (unpaired) electrons. The van der Waals surface area contributed by atoms with E-state index in [1.54, 1.807) is 0 Å². The predicted octanol–water partition coefficient (Wildman–Crippen LogP) is 13.2. The number of allylic oxidation sites excluding steroid dienone is 1. The molecule has 1 aliphatic rings. The van der Waals surface area contributed by atoms with E-state index in [4.69, 9.17) is 8.83 Å². The van der Waals surface area contributed by atoms with Crippen molar-refractivity contribution in [3.63, 3.8) is 0 Å². The van der Waals surface area contributed by atoms with Crippen molar-refractivity contribution >= 4 is 82.3 Å². The van der Waals surface area contributed by atoms with Crippen LogP contribution in [0.3, 0.4) is 0 Å². The Morgan fingerprint density at radius 3 is 1.96 bits per heavy atom. The monoisotopic (exact) mass is 612 g/mol. The van der Waals surface area contributed by atoms with E-state index < -0.39 is 0 Å². The molecule has 2 nitrogen and oxygen atoms in total. The van der Waals surface area contributed by atoms with Crippen molar-refractivity contribution in [2.75, 3.05) is 0 Å². The highest BCUT2D eigenvalue weighted by molar-refractivity contribution is 6.28. The summed E-state index contributed by atoms with van der Waals surface area (Å²) in [6, 6.07) is 48.2. The summed E-state index contributed by atoms with van der Waals surface area (Å²) in [5, 5.41) is 11.9. The van der Waals surface area contributed by atoms with Crippen LogP contribution in [0, 0.1) is 0 Å². The molecule has 0 bridgehead atoms. The zero-order valence-electron chi connectivity index (χ0n) is 26.1. The Morgan fingerprint density at radius 1 is 0.438 bits per heavy atom. The largest absolute Gasteiger partial charge is 0.456 e. The third-order valence-electron chi connectivity index (χ3n) is 10.5. The predicted molar refractivity (Wildman–Crippen MR) is 202 cm³/mol. The highest BCUT2D eigenvalue weighted by Crippen LogP contribution is 2.47. The fourth-order valence-electron chi connectivity index (χ4n) is 8.39. The molecule has 0 spiro atoms. The van der Waals surface area contributed by atoms with Gasteiger partial charge in [-0.2, -0.15) is 0 Å². The van der Waals surface area contributed by atoms with Crippen LogP contribution in [0.25, 0.3) is 105 Å². The van der Waals surface area contributed by atoms with E-state index in [1.807, 2.05) is 0 Å². The molecule has 0 fully saturated rings. The summed E-state index contributed by atoms with van der Waals surface area (Å²) in [4.78, 5) is 0. The van der Waals surface area contributed by atoms with Crippen molar-refractivity contribution in [2.45, 2.75) is 12.8 Å². The van der Waals surface area contributed by atoms with Crippen LogP contribution in [0.4, 0.5) is 0 Å². The Hall–Kier alpha value is -6.12. The van der Waals surface area contributed by atoms with Gasteiger partial charge in [-0.05, 0) is 110 Å². The molecule has 1 aliphatic carbocycles. The van der Waals surface area contributed by atoms with Gasteiger partial charge in [0.2, 0.25) is 0 Å². The van der Waals surface area contributed by atoms with Crippen LogP contribution in [-0.4, -0.2) is 0 Å². The maximum Gasteiger partial charge on any atom is 0.143 e. The maximum absolute atomic E-state index is 6.66. The Kier molecular flexibility index (Phi) is 5.25. The molecule has 0 N–H and O–H groups in total. The van der Waals surface area contributed by atoms with E-state index in [0.717, 1.165) is 62.1 Å². The molecule has 2 heteroatoms. The fourth-order valence-corrected chi connectivity index (χ4v) is 8.39. The molecule has 0 aliphatic heterocycles. The van der Waals surface area contributed by atoms with Gasteiger partial charge >= 0.3 is 0 Å². The summed E-state index contributed by atoms with van der Waals surface area (Å²) < 4.78 is 13.2. The van der Waals surface area contributed by atoms with Gasteiger partial charge in [0, 0.05) is 26.9 Å². The van der Waals surface area contributed by atoms with Gasteiger partial charge in [-0.25, -0.2) is 0 Å². The third kappa shape index (κ3) is 3.57. The summed E-state index contributed by atoms with van der Waals surface area (Å²) in [5.74, 6) is 0. The van der Waals surface area contributed by atoms with Crippen LogP contribution in [0.2, 0.25) is 0 Å². The van der Waals surface area contributed by atoms with Gasteiger partial charge < -0.3 is 8.83 Å². The van der Waals surface area contributed by atoms with Crippen molar-refractivity contribution < 1.29 is 8.83 Å². The lowest BCUT2D eigenvalue weighted by molar-refractivity contribution is 0.664. The van der Waals surface area contributed by atoms with E-state index in [-0.39, 0.29) is 0 Å². The number of fused-ring (bicyclic) bond motifs is 12. The van der Waals surface area contributed by atoms with E-state index in [9.17, 15) is 0 Å². The Balaban J connectivity index is 1.17. The van der Waals surface area contributed by atoms with Crippen LogP contribution in [0.5, 0.6) is 0 Å². The summed E-state index contributed by atoms with van der Waals surface area (Å²) in [6.45, 7) is 0. The first-order chi connectivity index (χ1) is 23.8. The first kappa shape index (κ1) is 26.0. The first-order valence-corrected chi connectivity index (χ1v) is 16.7. The molecule has 11 rings (SSSR count). The van der Waals surface area contributed by atoms with Gasteiger partial charge in [-0.3, -0.25) is 0 Å². The van der Waals surface area contributed by atoms with Crippen molar-refractivity contribution in [3.8, 4) is 22.3 Å². The van der Waals surface area contributed by atoms with Gasteiger partial charge in [0.05, 0.1) is 0 Å². The van der Waals surface area contributed by atoms with Gasteiger partial charge in [-0.1, -0.05) is 109 Å². The van der Waals surface area contributed by atoms with Gasteiger partial charge in [0.1, 0.15) is 22.3 Å². The second-order valence-corrected chi connectivity index (χ2v) is 13.1. The molecule has 0 saturated carbocycles. The van der Waals surface area contributed by atoms with E-state index in [1.165, 1.54) is 60.3 Å². The number of benzene rings is 8. The van der Waals surface area contributed by atoms with Gasteiger partial charge in [-0.15, -0.1) is 0 Å². The summed E-state index contributed by atoms with van der Waals surface area (Å²) in [6.07, 6.45) is 6.73. The SMILES string of the molecule is C1=Cc2c(c(-c3ccc4ccccc4c3)c3ccccc3c2-c2ccc3c(c2)oc2ccc4oc5c6ccccc6ccc5c4c23)CC1. The summed E-state index contributed by atoms with van der Waals surface area (Å²) >= 11 is 0. The molecule has 2 heterocycles. The normalized spacial score (nSPS) is 13.2. The molecule has 0 amide bonds. The van der Waals surface area contributed by atoms with Crippen LogP contribution in [-0.2, 0) is 6.42 Å². The fraction of sp³-hybridized carbons (Fsp3) is 0.0435. The lowest BCUT2D eigenvalue weighted by Crippen LogP contribution is -2.02. The van der Waals surface area contributed by atoms with E-state index in [2.05, 4.69) is 146 Å². The minimum Gasteiger partial charge on any atom is -0.456 e. The average molecular weight is 613 g/mol. The van der Waals surface area contributed by atoms with Crippen LogP contribution < -0.4 is 0 Å². The topological polar surface area (TPSA) is 26.3 Å².